The van der Waals surface area contributed by atoms with Crippen molar-refractivity contribution in [3.8, 4) is 5.75 Å². The van der Waals surface area contributed by atoms with E-state index in [-0.39, 0.29) is 0 Å². The van der Waals surface area contributed by atoms with Crippen LogP contribution in [-0.4, -0.2) is 28.6 Å². The number of ether oxygens (including phenoxy) is 1. The molecule has 0 aromatic carbocycles. The quantitative estimate of drug-likeness (QED) is 0.845. The minimum Gasteiger partial charge on any atom is -0.490 e. The van der Waals surface area contributed by atoms with Crippen LogP contribution < -0.4 is 15.4 Å². The first-order valence-electron chi connectivity index (χ1n) is 6.02. The Bertz CT molecular complexity index is 543. The molecule has 0 bridgehead atoms. The maximum Gasteiger partial charge on any atom is 0.204 e. The van der Waals surface area contributed by atoms with Crippen LogP contribution in [0.25, 0.3) is 0 Å². The third kappa shape index (κ3) is 3.31. The molecular weight excluding hydrogens is 262 g/mol. The van der Waals surface area contributed by atoms with Gasteiger partial charge in [0.1, 0.15) is 11.3 Å². The molecule has 7 heteroatoms. The van der Waals surface area contributed by atoms with Crippen LogP contribution in [0.15, 0.2) is 12.5 Å². The van der Waals surface area contributed by atoms with Crippen LogP contribution in [0.4, 0.5) is 11.6 Å². The van der Waals surface area contributed by atoms with E-state index in [4.69, 9.17) is 4.74 Å². The Morgan fingerprint density at radius 1 is 1.21 bits per heavy atom. The van der Waals surface area contributed by atoms with Gasteiger partial charge in [-0.25, -0.2) is 15.0 Å². The zero-order valence-corrected chi connectivity index (χ0v) is 12.0. The number of hydrogen-bond acceptors (Lipinski definition) is 7. The van der Waals surface area contributed by atoms with Crippen molar-refractivity contribution in [2.24, 2.45) is 0 Å². The molecule has 0 aliphatic heterocycles. The normalized spacial score (nSPS) is 10.3. The maximum atomic E-state index is 5.36. The van der Waals surface area contributed by atoms with Crippen LogP contribution in [0.3, 0.4) is 0 Å². The van der Waals surface area contributed by atoms with Gasteiger partial charge < -0.3 is 15.4 Å². The minimum atomic E-state index is 0.622. The molecule has 0 saturated heterocycles. The Kier molecular flexibility index (Phi) is 4.51. The van der Waals surface area contributed by atoms with Crippen molar-refractivity contribution in [1.29, 1.82) is 0 Å². The molecule has 2 aromatic heterocycles. The highest BCUT2D eigenvalue weighted by Crippen LogP contribution is 2.29. The van der Waals surface area contributed by atoms with E-state index >= 15 is 0 Å². The molecule has 0 saturated carbocycles. The van der Waals surface area contributed by atoms with E-state index < -0.39 is 0 Å². The van der Waals surface area contributed by atoms with E-state index in [0.717, 1.165) is 11.6 Å². The van der Waals surface area contributed by atoms with E-state index in [9.17, 15) is 0 Å². The number of aromatic nitrogens is 3. The molecule has 0 fully saturated rings. The van der Waals surface area contributed by atoms with Gasteiger partial charge in [-0.15, -0.1) is 11.3 Å². The first kappa shape index (κ1) is 13.5. The molecule has 2 heterocycles. The maximum absolute atomic E-state index is 5.36. The lowest BCUT2D eigenvalue weighted by Gasteiger charge is -2.12. The molecule has 0 aliphatic rings. The van der Waals surface area contributed by atoms with E-state index in [2.05, 4.69) is 25.6 Å². The van der Waals surface area contributed by atoms with Gasteiger partial charge in [-0.1, -0.05) is 0 Å². The minimum absolute atomic E-state index is 0.622. The molecule has 0 radical (unpaired) electrons. The lowest BCUT2D eigenvalue weighted by Crippen LogP contribution is -2.08. The number of hydrogen-bond donors (Lipinski definition) is 2. The molecule has 19 heavy (non-hydrogen) atoms. The fourth-order valence-corrected chi connectivity index (χ4v) is 2.36. The highest BCUT2D eigenvalue weighted by Gasteiger charge is 2.11. The zero-order valence-electron chi connectivity index (χ0n) is 11.2. The summed E-state index contributed by atoms with van der Waals surface area (Å²) in [7, 11) is 1.61. The Morgan fingerprint density at radius 3 is 2.53 bits per heavy atom. The van der Waals surface area contributed by atoms with Gasteiger partial charge in [-0.05, 0) is 13.8 Å². The van der Waals surface area contributed by atoms with Crippen molar-refractivity contribution in [3.63, 3.8) is 0 Å². The van der Waals surface area contributed by atoms with Crippen LogP contribution in [0, 0.1) is 6.92 Å². The van der Waals surface area contributed by atoms with Crippen LogP contribution >= 0.6 is 11.3 Å². The van der Waals surface area contributed by atoms with E-state index in [0.29, 0.717) is 23.9 Å². The van der Waals surface area contributed by atoms with Crippen molar-refractivity contribution in [3.05, 3.63) is 22.4 Å². The lowest BCUT2D eigenvalue weighted by molar-refractivity contribution is 0.414. The summed E-state index contributed by atoms with van der Waals surface area (Å²) in [5.74, 6) is 1.98. The highest BCUT2D eigenvalue weighted by molar-refractivity contribution is 7.11. The predicted molar refractivity (Wildman–Crippen MR) is 76.9 cm³/mol. The first-order chi connectivity index (χ1) is 9.24. The van der Waals surface area contributed by atoms with Crippen molar-refractivity contribution in [2.75, 3.05) is 24.3 Å². The SMILES string of the molecule is CCNc1ncnc(NCc2ncc(C)s2)c1OC. The number of methoxy groups -OCH3 is 1. The van der Waals surface area contributed by atoms with Gasteiger partial charge >= 0.3 is 0 Å². The zero-order chi connectivity index (χ0) is 13.7. The molecule has 2 rings (SSSR count). The van der Waals surface area contributed by atoms with Crippen molar-refractivity contribution in [1.82, 2.24) is 15.0 Å². The summed E-state index contributed by atoms with van der Waals surface area (Å²) in [4.78, 5) is 13.9. The van der Waals surface area contributed by atoms with Crippen molar-refractivity contribution < 1.29 is 4.74 Å². The van der Waals surface area contributed by atoms with E-state index in [1.165, 1.54) is 11.2 Å². The molecule has 0 atom stereocenters. The third-order valence-corrected chi connectivity index (χ3v) is 3.34. The number of thiazole rings is 1. The summed E-state index contributed by atoms with van der Waals surface area (Å²) in [5.41, 5.74) is 0. The Labute approximate surface area is 116 Å². The van der Waals surface area contributed by atoms with E-state index in [1.807, 2.05) is 20.0 Å². The second-order valence-corrected chi connectivity index (χ2v) is 5.17. The van der Waals surface area contributed by atoms with Crippen molar-refractivity contribution >= 4 is 23.0 Å². The molecule has 102 valence electrons. The number of rotatable bonds is 6. The van der Waals surface area contributed by atoms with Gasteiger partial charge in [0.05, 0.1) is 13.7 Å². The molecule has 0 unspecified atom stereocenters. The first-order valence-corrected chi connectivity index (χ1v) is 6.84. The molecular formula is C12H17N5OS. The second kappa shape index (κ2) is 6.33. The predicted octanol–water partition coefficient (Wildman–Crippen LogP) is 2.29. The average molecular weight is 279 g/mol. The van der Waals surface area contributed by atoms with Gasteiger partial charge in [-0.2, -0.15) is 0 Å². The standard InChI is InChI=1S/C12H17N5OS/c1-4-13-11-10(18-3)12(17-7-16-11)15-6-9-14-5-8(2)19-9/h5,7H,4,6H2,1-3H3,(H2,13,15,16,17). The average Bonchev–Trinajstić information content (AvgIpc) is 2.83. The molecule has 0 amide bonds. The summed E-state index contributed by atoms with van der Waals surface area (Å²) < 4.78 is 5.36. The second-order valence-electron chi connectivity index (χ2n) is 3.85. The summed E-state index contributed by atoms with van der Waals surface area (Å²) in [6.07, 6.45) is 3.37. The van der Waals surface area contributed by atoms with Gasteiger partial charge in [0.15, 0.2) is 11.6 Å². The Balaban J connectivity index is 2.13. The van der Waals surface area contributed by atoms with E-state index in [1.54, 1.807) is 18.4 Å². The fraction of sp³-hybridized carbons (Fsp3) is 0.417. The van der Waals surface area contributed by atoms with Crippen LogP contribution in [0.5, 0.6) is 5.75 Å². The molecule has 2 aromatic rings. The molecule has 6 nitrogen and oxygen atoms in total. The Morgan fingerprint density at radius 2 is 1.95 bits per heavy atom. The monoisotopic (exact) mass is 279 g/mol. The van der Waals surface area contributed by atoms with Crippen molar-refractivity contribution in [2.45, 2.75) is 20.4 Å². The highest BCUT2D eigenvalue weighted by atomic mass is 32.1. The van der Waals surface area contributed by atoms with Crippen LogP contribution in [0.2, 0.25) is 0 Å². The van der Waals surface area contributed by atoms with Gasteiger partial charge in [-0.3, -0.25) is 0 Å². The summed E-state index contributed by atoms with van der Waals surface area (Å²) in [6.45, 7) is 5.44. The third-order valence-electron chi connectivity index (χ3n) is 2.43. The van der Waals surface area contributed by atoms with Gasteiger partial charge in [0, 0.05) is 17.6 Å². The van der Waals surface area contributed by atoms with Gasteiger partial charge in [0.25, 0.3) is 0 Å². The fourth-order valence-electron chi connectivity index (χ4n) is 1.63. The number of nitrogens with one attached hydrogen (secondary N) is 2. The number of aryl methyl sites for hydroxylation is 1. The summed E-state index contributed by atoms with van der Waals surface area (Å²) in [6, 6.07) is 0. The van der Waals surface area contributed by atoms with Gasteiger partial charge in [0.2, 0.25) is 5.75 Å². The van der Waals surface area contributed by atoms with Crippen LogP contribution in [0.1, 0.15) is 16.8 Å². The number of nitrogens with zero attached hydrogens (tertiary/aromatic N) is 3. The topological polar surface area (TPSA) is 72.0 Å². The molecule has 2 N–H and O–H groups in total. The molecule has 0 aliphatic carbocycles. The Hall–Kier alpha value is -1.89. The number of anilines is 2. The molecule has 0 spiro atoms. The summed E-state index contributed by atoms with van der Waals surface area (Å²) in [5, 5.41) is 7.38. The lowest BCUT2D eigenvalue weighted by atomic mass is 10.4. The smallest absolute Gasteiger partial charge is 0.204 e. The van der Waals surface area contributed by atoms with Crippen LogP contribution in [-0.2, 0) is 6.54 Å². The largest absolute Gasteiger partial charge is 0.490 e. The summed E-state index contributed by atoms with van der Waals surface area (Å²) >= 11 is 1.66.